The molecular formula is C22H25N3O3S. The molecule has 1 N–H and O–H groups in total. The van der Waals surface area contributed by atoms with Crippen molar-refractivity contribution >= 4 is 28.9 Å². The summed E-state index contributed by atoms with van der Waals surface area (Å²) < 4.78 is 12.4. The van der Waals surface area contributed by atoms with Crippen LogP contribution in [0.1, 0.15) is 25.5 Å². The number of ether oxygens (including phenoxy) is 2. The summed E-state index contributed by atoms with van der Waals surface area (Å²) in [5, 5.41) is 3.93. The van der Waals surface area contributed by atoms with Gasteiger partial charge in [-0.3, -0.25) is 9.69 Å². The molecular weight excluding hydrogens is 386 g/mol. The lowest BCUT2D eigenvalue weighted by Gasteiger charge is -2.56. The van der Waals surface area contributed by atoms with E-state index in [-0.39, 0.29) is 11.9 Å². The molecule has 3 unspecified atom stereocenters. The van der Waals surface area contributed by atoms with Crippen LogP contribution in [0.3, 0.4) is 0 Å². The SMILES string of the molecule is CCOc1cccc2c1OC1(C)C(C(=O)N(C)C)C2NC(=S)N1c1ccccc1. The zero-order valence-corrected chi connectivity index (χ0v) is 17.8. The minimum atomic E-state index is -1.02. The van der Waals surface area contributed by atoms with Crippen molar-refractivity contribution in [3.63, 3.8) is 0 Å². The highest BCUT2D eigenvalue weighted by Crippen LogP contribution is 2.52. The van der Waals surface area contributed by atoms with Crippen LogP contribution in [0, 0.1) is 5.92 Å². The number of carbonyl (C=O) groups is 1. The first kappa shape index (κ1) is 19.5. The molecule has 2 aromatic carbocycles. The smallest absolute Gasteiger partial charge is 0.233 e. The van der Waals surface area contributed by atoms with E-state index < -0.39 is 11.6 Å². The summed E-state index contributed by atoms with van der Waals surface area (Å²) >= 11 is 5.73. The van der Waals surface area contributed by atoms with Crippen LogP contribution in [0.15, 0.2) is 48.5 Å². The number of hydrogen-bond acceptors (Lipinski definition) is 4. The Balaban J connectivity index is 1.93. The van der Waals surface area contributed by atoms with Crippen LogP contribution in [0.5, 0.6) is 11.5 Å². The summed E-state index contributed by atoms with van der Waals surface area (Å²) in [5.41, 5.74) is 0.721. The van der Waals surface area contributed by atoms with Crippen molar-refractivity contribution in [3.8, 4) is 11.5 Å². The molecule has 2 aromatic rings. The predicted molar refractivity (Wildman–Crippen MR) is 116 cm³/mol. The Morgan fingerprint density at radius 2 is 1.97 bits per heavy atom. The molecule has 1 amide bonds. The Labute approximate surface area is 176 Å². The van der Waals surface area contributed by atoms with Crippen LogP contribution in [0.4, 0.5) is 5.69 Å². The van der Waals surface area contributed by atoms with Crippen LogP contribution in [0.25, 0.3) is 0 Å². The third kappa shape index (κ3) is 3.00. The number of para-hydroxylation sites is 2. The van der Waals surface area contributed by atoms with Crippen molar-refractivity contribution in [2.45, 2.75) is 25.6 Å². The molecule has 7 heteroatoms. The predicted octanol–water partition coefficient (Wildman–Crippen LogP) is 3.33. The van der Waals surface area contributed by atoms with Crippen LogP contribution in [-0.4, -0.2) is 42.3 Å². The van der Waals surface area contributed by atoms with Gasteiger partial charge in [0.25, 0.3) is 0 Å². The fourth-order valence-electron chi connectivity index (χ4n) is 4.26. The molecule has 1 fully saturated rings. The summed E-state index contributed by atoms with van der Waals surface area (Å²) in [6.45, 7) is 4.39. The van der Waals surface area contributed by atoms with E-state index in [2.05, 4.69) is 5.32 Å². The number of benzene rings is 2. The molecule has 2 heterocycles. The number of thiocarbonyl (C=S) groups is 1. The second-order valence-electron chi connectivity index (χ2n) is 7.57. The van der Waals surface area contributed by atoms with Gasteiger partial charge in [0.15, 0.2) is 22.3 Å². The van der Waals surface area contributed by atoms with Crippen molar-refractivity contribution in [3.05, 3.63) is 54.1 Å². The maximum Gasteiger partial charge on any atom is 0.233 e. The first-order valence-electron chi connectivity index (χ1n) is 9.70. The number of nitrogens with one attached hydrogen (secondary N) is 1. The van der Waals surface area contributed by atoms with Crippen molar-refractivity contribution in [2.75, 3.05) is 25.6 Å². The number of carbonyl (C=O) groups excluding carboxylic acids is 1. The summed E-state index contributed by atoms with van der Waals surface area (Å²) in [7, 11) is 3.53. The van der Waals surface area contributed by atoms with Crippen molar-refractivity contribution in [1.82, 2.24) is 10.2 Å². The summed E-state index contributed by atoms with van der Waals surface area (Å²) in [4.78, 5) is 16.8. The summed E-state index contributed by atoms with van der Waals surface area (Å²) in [5.74, 6) is 0.787. The molecule has 0 aliphatic carbocycles. The first-order chi connectivity index (χ1) is 13.9. The molecule has 2 aliphatic rings. The van der Waals surface area contributed by atoms with Gasteiger partial charge in [-0.05, 0) is 44.3 Å². The Hall–Kier alpha value is -2.80. The zero-order chi connectivity index (χ0) is 20.8. The minimum Gasteiger partial charge on any atom is -0.490 e. The van der Waals surface area contributed by atoms with E-state index in [1.165, 1.54) is 0 Å². The number of amides is 1. The van der Waals surface area contributed by atoms with E-state index in [0.29, 0.717) is 23.2 Å². The third-order valence-corrected chi connectivity index (χ3v) is 5.81. The van der Waals surface area contributed by atoms with Crippen LogP contribution < -0.4 is 19.7 Å². The third-order valence-electron chi connectivity index (χ3n) is 5.51. The average molecular weight is 412 g/mol. The second kappa shape index (κ2) is 7.22. The lowest BCUT2D eigenvalue weighted by molar-refractivity contribution is -0.144. The van der Waals surface area contributed by atoms with Crippen molar-refractivity contribution in [1.29, 1.82) is 0 Å². The molecule has 6 nitrogen and oxygen atoms in total. The number of fused-ring (bicyclic) bond motifs is 4. The normalized spacial score (nSPS) is 24.8. The summed E-state index contributed by atoms with van der Waals surface area (Å²) in [6, 6.07) is 15.2. The van der Waals surface area contributed by atoms with Gasteiger partial charge in [0.1, 0.15) is 5.92 Å². The van der Waals surface area contributed by atoms with E-state index in [1.54, 1.807) is 19.0 Å². The number of hydrogen-bond donors (Lipinski definition) is 1. The van der Waals surface area contributed by atoms with Gasteiger partial charge in [-0.15, -0.1) is 0 Å². The number of rotatable bonds is 4. The van der Waals surface area contributed by atoms with Gasteiger partial charge in [-0.1, -0.05) is 30.3 Å². The maximum atomic E-state index is 13.3. The van der Waals surface area contributed by atoms with Gasteiger partial charge in [-0.2, -0.15) is 0 Å². The molecule has 2 aliphatic heterocycles. The molecule has 0 aromatic heterocycles. The van der Waals surface area contributed by atoms with Crippen molar-refractivity contribution in [2.24, 2.45) is 5.92 Å². The average Bonchev–Trinajstić information content (AvgIpc) is 2.68. The maximum absolute atomic E-state index is 13.3. The van der Waals surface area contributed by atoms with Gasteiger partial charge < -0.3 is 19.7 Å². The fourth-order valence-corrected chi connectivity index (χ4v) is 4.67. The fraction of sp³-hybridized carbons (Fsp3) is 0.364. The Morgan fingerprint density at radius 1 is 1.24 bits per heavy atom. The first-order valence-corrected chi connectivity index (χ1v) is 10.1. The lowest BCUT2D eigenvalue weighted by atomic mass is 9.78. The number of nitrogens with zero attached hydrogens (tertiary/aromatic N) is 2. The largest absolute Gasteiger partial charge is 0.490 e. The zero-order valence-electron chi connectivity index (χ0n) is 17.0. The highest BCUT2D eigenvalue weighted by molar-refractivity contribution is 7.80. The Kier molecular flexibility index (Phi) is 4.86. The topological polar surface area (TPSA) is 54.0 Å². The van der Waals surface area contributed by atoms with Crippen molar-refractivity contribution < 1.29 is 14.3 Å². The molecule has 0 spiro atoms. The van der Waals surface area contributed by atoms with Crippen LogP contribution >= 0.6 is 12.2 Å². The van der Waals surface area contributed by atoms with Gasteiger partial charge in [-0.25, -0.2) is 0 Å². The van der Waals surface area contributed by atoms with E-state index in [9.17, 15) is 4.79 Å². The molecule has 0 saturated carbocycles. The lowest BCUT2D eigenvalue weighted by Crippen LogP contribution is -2.72. The van der Waals surface area contributed by atoms with Crippen LogP contribution in [-0.2, 0) is 4.79 Å². The Morgan fingerprint density at radius 3 is 2.62 bits per heavy atom. The molecule has 1 saturated heterocycles. The van der Waals surface area contributed by atoms with E-state index in [0.717, 1.165) is 11.3 Å². The molecule has 4 rings (SSSR count). The molecule has 152 valence electrons. The molecule has 0 radical (unpaired) electrons. The second-order valence-corrected chi connectivity index (χ2v) is 7.96. The summed E-state index contributed by atoms with van der Waals surface area (Å²) in [6.07, 6.45) is 0. The number of anilines is 1. The van der Waals surface area contributed by atoms with E-state index >= 15 is 0 Å². The standard InChI is InChI=1S/C22H25N3O3S/c1-5-27-16-13-9-12-15-18-17(20(26)24(3)4)22(2,28-19(15)16)25(21(29)23-18)14-10-7-6-8-11-14/h6-13,17-18H,5H2,1-4H3,(H,23,29). The van der Waals surface area contributed by atoms with E-state index in [1.807, 2.05) is 67.3 Å². The van der Waals surface area contributed by atoms with Gasteiger partial charge in [0, 0.05) is 25.3 Å². The minimum absolute atomic E-state index is 0.0269. The molecule has 29 heavy (non-hydrogen) atoms. The van der Waals surface area contributed by atoms with E-state index in [4.69, 9.17) is 21.7 Å². The Bertz CT molecular complexity index is 950. The van der Waals surface area contributed by atoms with Crippen LogP contribution in [0.2, 0.25) is 0 Å². The van der Waals surface area contributed by atoms with Gasteiger partial charge in [0.05, 0.1) is 12.6 Å². The monoisotopic (exact) mass is 411 g/mol. The quantitative estimate of drug-likeness (QED) is 0.779. The highest BCUT2D eigenvalue weighted by atomic mass is 32.1. The highest BCUT2D eigenvalue weighted by Gasteiger charge is 2.59. The molecule has 2 bridgehead atoms. The van der Waals surface area contributed by atoms with Gasteiger partial charge >= 0.3 is 0 Å². The molecule has 3 atom stereocenters. The van der Waals surface area contributed by atoms with Gasteiger partial charge in [0.2, 0.25) is 5.91 Å².